The normalized spacial score (nSPS) is 10.7. The monoisotopic (exact) mass is 433 g/mol. The van der Waals surface area contributed by atoms with Crippen LogP contribution in [0.15, 0.2) is 35.5 Å². The number of anilines is 1. The van der Waals surface area contributed by atoms with Crippen molar-refractivity contribution in [2.45, 2.75) is 19.0 Å². The summed E-state index contributed by atoms with van der Waals surface area (Å²) in [6.07, 6.45) is 0. The molecule has 0 aliphatic rings. The molecule has 8 nitrogen and oxygen atoms in total. The van der Waals surface area contributed by atoms with Crippen LogP contribution in [-0.4, -0.2) is 46.1 Å². The van der Waals surface area contributed by atoms with E-state index in [4.69, 9.17) is 21.1 Å². The number of hydrogen-bond acceptors (Lipinski definition) is 7. The summed E-state index contributed by atoms with van der Waals surface area (Å²) < 4.78 is 12.1. The number of methoxy groups -OCH3 is 2. The fraction of sp³-hybridized carbons (Fsp3) is 0.263. The largest absolute Gasteiger partial charge is 0.495 e. The highest BCUT2D eigenvalue weighted by molar-refractivity contribution is 7.99. The maximum Gasteiger partial charge on any atom is 0.234 e. The molecule has 0 spiro atoms. The number of carbonyl (C=O) groups excluding carboxylic acids is 1. The Bertz CT molecular complexity index is 1020. The van der Waals surface area contributed by atoms with Gasteiger partial charge in [0.25, 0.3) is 0 Å². The van der Waals surface area contributed by atoms with E-state index in [2.05, 4.69) is 20.8 Å². The molecule has 152 valence electrons. The van der Waals surface area contributed by atoms with Crippen LogP contribution < -0.4 is 14.8 Å². The van der Waals surface area contributed by atoms with E-state index in [0.29, 0.717) is 27.4 Å². The minimum absolute atomic E-state index is 0.139. The predicted octanol–water partition coefficient (Wildman–Crippen LogP) is 3.68. The van der Waals surface area contributed by atoms with E-state index in [1.165, 1.54) is 30.7 Å². The maximum absolute atomic E-state index is 12.4. The molecule has 1 N–H and O–H groups in total. The molecule has 3 aromatic rings. The lowest BCUT2D eigenvalue weighted by Crippen LogP contribution is -2.15. The number of hydrogen-bond donors (Lipinski definition) is 1. The van der Waals surface area contributed by atoms with Crippen molar-refractivity contribution in [1.29, 1.82) is 0 Å². The zero-order chi connectivity index (χ0) is 21.0. The van der Waals surface area contributed by atoms with Gasteiger partial charge in [-0.1, -0.05) is 29.4 Å². The fourth-order valence-corrected chi connectivity index (χ4v) is 3.72. The lowest BCUT2D eigenvalue weighted by Gasteiger charge is -2.12. The number of tetrazole rings is 1. The summed E-state index contributed by atoms with van der Waals surface area (Å²) in [6, 6.07) is 9.19. The second kappa shape index (κ2) is 9.15. The van der Waals surface area contributed by atoms with Gasteiger partial charge in [-0.05, 0) is 47.5 Å². The molecule has 1 amide bonds. The molecule has 0 atom stereocenters. The summed E-state index contributed by atoms with van der Waals surface area (Å²) in [4.78, 5) is 12.4. The quantitative estimate of drug-likeness (QED) is 0.568. The molecule has 0 aliphatic heterocycles. The zero-order valence-electron chi connectivity index (χ0n) is 16.4. The molecule has 0 fully saturated rings. The average molecular weight is 434 g/mol. The van der Waals surface area contributed by atoms with Gasteiger partial charge in [0.05, 0.1) is 25.0 Å². The highest BCUT2D eigenvalue weighted by Crippen LogP contribution is 2.35. The molecule has 0 bridgehead atoms. The van der Waals surface area contributed by atoms with Gasteiger partial charge in [-0.15, -0.1) is 5.10 Å². The standard InChI is InChI=1S/C19H20ClN5O3S/c1-11-5-12(2)7-13(6-11)21-18(26)10-29-19-22-23-24-25(19)15-9-16(27-3)14(20)8-17(15)28-4/h5-9H,10H2,1-4H3,(H,21,26). The summed E-state index contributed by atoms with van der Waals surface area (Å²) >= 11 is 7.37. The fourth-order valence-electron chi connectivity index (χ4n) is 2.80. The number of amides is 1. The van der Waals surface area contributed by atoms with Crippen LogP contribution in [0.4, 0.5) is 5.69 Å². The SMILES string of the molecule is COc1cc(-n2nnnc2SCC(=O)Nc2cc(C)cc(C)c2)c(OC)cc1Cl. The lowest BCUT2D eigenvalue weighted by molar-refractivity contribution is -0.113. The Morgan fingerprint density at radius 3 is 2.45 bits per heavy atom. The van der Waals surface area contributed by atoms with E-state index in [1.54, 1.807) is 12.1 Å². The number of nitrogens with zero attached hydrogens (tertiary/aromatic N) is 4. The molecular formula is C19H20ClN5O3S. The molecule has 2 aromatic carbocycles. The number of thioether (sulfide) groups is 1. The molecule has 0 saturated carbocycles. The zero-order valence-corrected chi connectivity index (χ0v) is 18.0. The number of halogens is 1. The van der Waals surface area contributed by atoms with Crippen LogP contribution in [0.3, 0.4) is 0 Å². The molecule has 10 heteroatoms. The first-order valence-electron chi connectivity index (χ1n) is 8.62. The molecule has 3 rings (SSSR count). The molecule has 0 aliphatic carbocycles. The van der Waals surface area contributed by atoms with Gasteiger partial charge >= 0.3 is 0 Å². The Balaban J connectivity index is 1.76. The summed E-state index contributed by atoms with van der Waals surface area (Å²) in [5, 5.41) is 15.5. The van der Waals surface area contributed by atoms with Crippen LogP contribution in [-0.2, 0) is 4.79 Å². The van der Waals surface area contributed by atoms with Gasteiger partial charge in [-0.3, -0.25) is 4.79 Å². The van der Waals surface area contributed by atoms with Crippen molar-refractivity contribution in [1.82, 2.24) is 20.2 Å². The van der Waals surface area contributed by atoms with E-state index < -0.39 is 0 Å². The first-order valence-corrected chi connectivity index (χ1v) is 9.99. The lowest BCUT2D eigenvalue weighted by atomic mass is 10.1. The van der Waals surface area contributed by atoms with E-state index in [0.717, 1.165) is 16.8 Å². The number of aromatic nitrogens is 4. The molecular weight excluding hydrogens is 414 g/mol. The summed E-state index contributed by atoms with van der Waals surface area (Å²) in [5.74, 6) is 0.918. The third-order valence-electron chi connectivity index (χ3n) is 3.96. The highest BCUT2D eigenvalue weighted by atomic mass is 35.5. The Morgan fingerprint density at radius 2 is 1.79 bits per heavy atom. The Kier molecular flexibility index (Phi) is 6.60. The predicted molar refractivity (Wildman–Crippen MR) is 113 cm³/mol. The minimum Gasteiger partial charge on any atom is -0.495 e. The van der Waals surface area contributed by atoms with Gasteiger partial charge in [-0.2, -0.15) is 4.68 Å². The van der Waals surface area contributed by atoms with Crippen LogP contribution in [0, 0.1) is 13.8 Å². The van der Waals surface area contributed by atoms with Crippen molar-refractivity contribution in [2.24, 2.45) is 0 Å². The third kappa shape index (κ3) is 4.99. The van der Waals surface area contributed by atoms with Crippen molar-refractivity contribution in [3.05, 3.63) is 46.5 Å². The minimum atomic E-state index is -0.157. The van der Waals surface area contributed by atoms with Gasteiger partial charge in [-0.25, -0.2) is 0 Å². The Hall–Kier alpha value is -2.78. The van der Waals surface area contributed by atoms with Crippen LogP contribution >= 0.6 is 23.4 Å². The van der Waals surface area contributed by atoms with Crippen LogP contribution in [0.2, 0.25) is 5.02 Å². The number of nitrogens with one attached hydrogen (secondary N) is 1. The van der Waals surface area contributed by atoms with Crippen LogP contribution in [0.1, 0.15) is 11.1 Å². The van der Waals surface area contributed by atoms with Gasteiger partial charge in [0.15, 0.2) is 0 Å². The molecule has 0 radical (unpaired) electrons. The van der Waals surface area contributed by atoms with Gasteiger partial charge in [0.2, 0.25) is 11.1 Å². The topological polar surface area (TPSA) is 91.2 Å². The van der Waals surface area contributed by atoms with Gasteiger partial charge < -0.3 is 14.8 Å². The average Bonchev–Trinajstić information content (AvgIpc) is 3.13. The van der Waals surface area contributed by atoms with Crippen molar-refractivity contribution < 1.29 is 14.3 Å². The number of rotatable bonds is 7. The summed E-state index contributed by atoms with van der Waals surface area (Å²) in [5.41, 5.74) is 3.48. The second-order valence-electron chi connectivity index (χ2n) is 6.25. The van der Waals surface area contributed by atoms with E-state index in [-0.39, 0.29) is 11.7 Å². The van der Waals surface area contributed by atoms with E-state index >= 15 is 0 Å². The number of carbonyl (C=O) groups is 1. The number of benzene rings is 2. The van der Waals surface area contributed by atoms with E-state index in [1.807, 2.05) is 32.0 Å². The highest BCUT2D eigenvalue weighted by Gasteiger charge is 2.18. The number of ether oxygens (including phenoxy) is 2. The molecule has 0 saturated heterocycles. The summed E-state index contributed by atoms with van der Waals surface area (Å²) in [7, 11) is 3.04. The second-order valence-corrected chi connectivity index (χ2v) is 7.59. The van der Waals surface area contributed by atoms with Crippen molar-refractivity contribution in [3.8, 4) is 17.2 Å². The number of aryl methyl sites for hydroxylation is 2. The molecule has 1 aromatic heterocycles. The Morgan fingerprint density at radius 1 is 1.10 bits per heavy atom. The van der Waals surface area contributed by atoms with Crippen molar-refractivity contribution in [3.63, 3.8) is 0 Å². The molecule has 1 heterocycles. The maximum atomic E-state index is 12.4. The summed E-state index contributed by atoms with van der Waals surface area (Å²) in [6.45, 7) is 3.97. The van der Waals surface area contributed by atoms with Crippen LogP contribution in [0.25, 0.3) is 5.69 Å². The van der Waals surface area contributed by atoms with Crippen molar-refractivity contribution in [2.75, 3.05) is 25.3 Å². The first-order chi connectivity index (χ1) is 13.9. The van der Waals surface area contributed by atoms with E-state index in [9.17, 15) is 4.79 Å². The third-order valence-corrected chi connectivity index (χ3v) is 5.17. The Labute approximate surface area is 177 Å². The van der Waals surface area contributed by atoms with Crippen LogP contribution in [0.5, 0.6) is 11.5 Å². The van der Waals surface area contributed by atoms with Crippen molar-refractivity contribution >= 4 is 35.0 Å². The van der Waals surface area contributed by atoms with Gasteiger partial charge in [0.1, 0.15) is 17.2 Å². The smallest absolute Gasteiger partial charge is 0.234 e. The van der Waals surface area contributed by atoms with Gasteiger partial charge in [0, 0.05) is 17.8 Å². The molecule has 0 unspecified atom stereocenters. The first kappa shape index (κ1) is 20.9. The molecule has 29 heavy (non-hydrogen) atoms.